The van der Waals surface area contributed by atoms with E-state index < -0.39 is 0 Å². The third kappa shape index (κ3) is 3.75. The smallest absolute Gasteiger partial charge is 0.0902 e. The van der Waals surface area contributed by atoms with Gasteiger partial charge in [0.05, 0.1) is 11.0 Å². The van der Waals surface area contributed by atoms with Gasteiger partial charge in [0.25, 0.3) is 0 Å². The molecule has 1 saturated heterocycles. The molecule has 0 spiro atoms. The van der Waals surface area contributed by atoms with Gasteiger partial charge in [0.15, 0.2) is 0 Å². The summed E-state index contributed by atoms with van der Waals surface area (Å²) in [6.45, 7) is 4.51. The molecule has 0 amide bonds. The first-order valence-electron chi connectivity index (χ1n) is 5.36. The molecule has 0 aliphatic carbocycles. The maximum absolute atomic E-state index is 5.74. The lowest BCUT2D eigenvalue weighted by Gasteiger charge is -2.34. The molecule has 0 bridgehead atoms. The van der Waals surface area contributed by atoms with Gasteiger partial charge in [0.2, 0.25) is 0 Å². The van der Waals surface area contributed by atoms with Gasteiger partial charge in [-0.1, -0.05) is 25.6 Å². The predicted molar refractivity (Wildman–Crippen MR) is 69.0 cm³/mol. The number of thioether (sulfide) groups is 1. The van der Waals surface area contributed by atoms with Crippen LogP contribution in [0.4, 0.5) is 0 Å². The number of hydrogen-bond donors (Lipinski definition) is 1. The average Bonchev–Trinajstić information content (AvgIpc) is 2.19. The Balaban J connectivity index is 2.34. The molecule has 1 aliphatic rings. The van der Waals surface area contributed by atoms with Gasteiger partial charge in [0, 0.05) is 12.3 Å². The Hall–Kier alpha value is 0.200. The maximum Gasteiger partial charge on any atom is 0.0902 e. The summed E-state index contributed by atoms with van der Waals surface area (Å²) in [5.41, 5.74) is 5.74. The molecule has 4 heteroatoms. The summed E-state index contributed by atoms with van der Waals surface area (Å²) >= 11 is 7.09. The highest BCUT2D eigenvalue weighted by Gasteiger charge is 2.23. The van der Waals surface area contributed by atoms with Gasteiger partial charge in [-0.3, -0.25) is 4.90 Å². The van der Waals surface area contributed by atoms with Crippen LogP contribution in [0.15, 0.2) is 0 Å². The van der Waals surface area contributed by atoms with E-state index in [2.05, 4.69) is 11.8 Å². The van der Waals surface area contributed by atoms with Crippen molar-refractivity contribution in [3.05, 3.63) is 0 Å². The van der Waals surface area contributed by atoms with Crippen LogP contribution in [0, 0.1) is 0 Å². The second kappa shape index (κ2) is 6.64. The Morgan fingerprint density at radius 2 is 2.36 bits per heavy atom. The Morgan fingerprint density at radius 3 is 3.00 bits per heavy atom. The SMILES string of the molecule is CCSCCN1CCCCC1C(N)=S. The van der Waals surface area contributed by atoms with Crippen molar-refractivity contribution in [3.8, 4) is 0 Å². The molecule has 0 saturated carbocycles. The highest BCUT2D eigenvalue weighted by atomic mass is 32.2. The fourth-order valence-corrected chi connectivity index (χ4v) is 2.83. The van der Waals surface area contributed by atoms with Crippen molar-refractivity contribution in [2.45, 2.75) is 32.2 Å². The van der Waals surface area contributed by atoms with Gasteiger partial charge >= 0.3 is 0 Å². The molecule has 1 atom stereocenters. The maximum atomic E-state index is 5.74. The highest BCUT2D eigenvalue weighted by Crippen LogP contribution is 2.17. The first-order valence-corrected chi connectivity index (χ1v) is 6.93. The third-order valence-corrected chi connectivity index (χ3v) is 3.82. The predicted octanol–water partition coefficient (Wildman–Crippen LogP) is 1.88. The summed E-state index contributed by atoms with van der Waals surface area (Å²) in [4.78, 5) is 3.14. The molecule has 1 heterocycles. The van der Waals surface area contributed by atoms with Gasteiger partial charge in [-0.25, -0.2) is 0 Å². The molecule has 1 unspecified atom stereocenters. The summed E-state index contributed by atoms with van der Waals surface area (Å²) in [7, 11) is 0. The van der Waals surface area contributed by atoms with E-state index in [1.807, 2.05) is 11.8 Å². The van der Waals surface area contributed by atoms with Gasteiger partial charge in [0.1, 0.15) is 0 Å². The number of piperidine rings is 1. The normalized spacial score (nSPS) is 23.6. The van der Waals surface area contributed by atoms with Crippen molar-refractivity contribution < 1.29 is 0 Å². The molecule has 2 nitrogen and oxygen atoms in total. The minimum atomic E-state index is 0.371. The molecule has 0 aromatic heterocycles. The Bertz CT molecular complexity index is 185. The topological polar surface area (TPSA) is 29.3 Å². The summed E-state index contributed by atoms with van der Waals surface area (Å²) in [5.74, 6) is 2.40. The zero-order chi connectivity index (χ0) is 10.4. The van der Waals surface area contributed by atoms with E-state index in [0.717, 1.165) is 13.0 Å². The molecular formula is C10H20N2S2. The zero-order valence-corrected chi connectivity index (χ0v) is 10.5. The van der Waals surface area contributed by atoms with Gasteiger partial charge < -0.3 is 5.73 Å². The Morgan fingerprint density at radius 1 is 1.57 bits per heavy atom. The second-order valence-corrected chi connectivity index (χ2v) is 5.51. The summed E-state index contributed by atoms with van der Waals surface area (Å²) < 4.78 is 0. The molecular weight excluding hydrogens is 212 g/mol. The van der Waals surface area contributed by atoms with E-state index in [-0.39, 0.29) is 0 Å². The van der Waals surface area contributed by atoms with Gasteiger partial charge in [-0.15, -0.1) is 0 Å². The van der Waals surface area contributed by atoms with Crippen LogP contribution in [0.25, 0.3) is 0 Å². The molecule has 1 aliphatic heterocycles. The number of thiocarbonyl (C=S) groups is 1. The standard InChI is InChI=1S/C10H20N2S2/c1-2-14-8-7-12-6-4-3-5-9(12)10(11)13/h9H,2-8H2,1H3,(H2,11,13). The number of rotatable bonds is 5. The third-order valence-electron chi connectivity index (χ3n) is 2.67. The number of nitrogens with zero attached hydrogens (tertiary/aromatic N) is 1. The summed E-state index contributed by atoms with van der Waals surface area (Å²) in [6.07, 6.45) is 3.74. The van der Waals surface area contributed by atoms with Crippen LogP contribution in [0.2, 0.25) is 0 Å². The number of hydrogen-bond acceptors (Lipinski definition) is 3. The van der Waals surface area contributed by atoms with E-state index >= 15 is 0 Å². The molecule has 0 aromatic rings. The molecule has 1 rings (SSSR count). The molecule has 0 aromatic carbocycles. The van der Waals surface area contributed by atoms with Crippen LogP contribution in [0.3, 0.4) is 0 Å². The Labute approximate surface area is 96.6 Å². The lowest BCUT2D eigenvalue weighted by molar-refractivity contribution is 0.204. The number of nitrogens with two attached hydrogens (primary N) is 1. The second-order valence-electron chi connectivity index (χ2n) is 3.65. The fraction of sp³-hybridized carbons (Fsp3) is 0.900. The monoisotopic (exact) mass is 232 g/mol. The van der Waals surface area contributed by atoms with Crippen LogP contribution < -0.4 is 5.73 Å². The Kier molecular flexibility index (Phi) is 5.82. The minimum absolute atomic E-state index is 0.371. The van der Waals surface area contributed by atoms with E-state index in [1.54, 1.807) is 0 Å². The van der Waals surface area contributed by atoms with Crippen LogP contribution in [0.1, 0.15) is 26.2 Å². The van der Waals surface area contributed by atoms with Crippen molar-refractivity contribution >= 4 is 29.0 Å². The van der Waals surface area contributed by atoms with Gasteiger partial charge in [-0.2, -0.15) is 11.8 Å². The van der Waals surface area contributed by atoms with Crippen LogP contribution >= 0.6 is 24.0 Å². The van der Waals surface area contributed by atoms with Crippen molar-refractivity contribution in [3.63, 3.8) is 0 Å². The van der Waals surface area contributed by atoms with Crippen LogP contribution in [-0.4, -0.2) is 40.5 Å². The van der Waals surface area contributed by atoms with Crippen molar-refractivity contribution in [1.29, 1.82) is 0 Å². The lowest BCUT2D eigenvalue weighted by Crippen LogP contribution is -2.47. The first-order chi connectivity index (χ1) is 6.75. The molecule has 14 heavy (non-hydrogen) atoms. The molecule has 0 radical (unpaired) electrons. The first kappa shape index (κ1) is 12.3. The summed E-state index contributed by atoms with van der Waals surface area (Å²) in [6, 6.07) is 0.371. The zero-order valence-electron chi connectivity index (χ0n) is 8.87. The van der Waals surface area contributed by atoms with Crippen LogP contribution in [0.5, 0.6) is 0 Å². The highest BCUT2D eigenvalue weighted by molar-refractivity contribution is 7.99. The molecule has 1 fully saturated rings. The lowest BCUT2D eigenvalue weighted by atomic mass is 10.0. The minimum Gasteiger partial charge on any atom is -0.392 e. The largest absolute Gasteiger partial charge is 0.392 e. The van der Waals surface area contributed by atoms with E-state index in [0.29, 0.717) is 11.0 Å². The average molecular weight is 232 g/mol. The molecule has 2 N–H and O–H groups in total. The van der Waals surface area contributed by atoms with Gasteiger partial charge in [-0.05, 0) is 25.1 Å². The van der Waals surface area contributed by atoms with Crippen molar-refractivity contribution in [2.24, 2.45) is 5.73 Å². The van der Waals surface area contributed by atoms with E-state index in [4.69, 9.17) is 18.0 Å². The van der Waals surface area contributed by atoms with E-state index in [1.165, 1.54) is 30.9 Å². The quantitative estimate of drug-likeness (QED) is 0.579. The van der Waals surface area contributed by atoms with Crippen LogP contribution in [-0.2, 0) is 0 Å². The number of likely N-dealkylation sites (tertiary alicyclic amines) is 1. The molecule has 82 valence electrons. The fourth-order valence-electron chi connectivity index (χ4n) is 1.91. The summed E-state index contributed by atoms with van der Waals surface area (Å²) in [5, 5.41) is 0. The van der Waals surface area contributed by atoms with Crippen molar-refractivity contribution in [2.75, 3.05) is 24.6 Å². The van der Waals surface area contributed by atoms with E-state index in [9.17, 15) is 0 Å². The van der Waals surface area contributed by atoms with Crippen molar-refractivity contribution in [1.82, 2.24) is 4.90 Å².